The third-order valence-corrected chi connectivity index (χ3v) is 13.6. The predicted octanol–water partition coefficient (Wildman–Crippen LogP) is 10.7. The Kier molecular flexibility index (Phi) is 18.8. The zero-order chi connectivity index (χ0) is 46.6. The van der Waals surface area contributed by atoms with Crippen LogP contribution in [0.3, 0.4) is 0 Å². The standard InChI is InChI=1S/C14H16F16O3Si.C10H15F9O3Si/c1-4-31-34(32-5-2,33-6-3)7(15)8(16,17)9(18,19)10(20,21)11(22,23)12(24,25)13(26,27)14(28,29)30;1-4-20-23(21-5-2,22-6-3)7(8(11,12)13,9(14,15)16)10(17,18)19/h7H,4-6H2,1-3H3;4-6H2,1-3H3. The van der Waals surface area contributed by atoms with Crippen molar-refractivity contribution in [2.45, 2.75) is 113 Å². The molecule has 0 spiro atoms. The first-order valence-electron chi connectivity index (χ1n) is 15.0. The molecule has 0 aromatic heterocycles. The van der Waals surface area contributed by atoms with E-state index in [9.17, 15) is 110 Å². The van der Waals surface area contributed by atoms with Gasteiger partial charge in [-0.3, -0.25) is 0 Å². The number of hydrogen-bond donors (Lipinski definition) is 0. The summed E-state index contributed by atoms with van der Waals surface area (Å²) in [5.41, 5.74) is 0. The van der Waals surface area contributed by atoms with Crippen LogP contribution in [0.1, 0.15) is 41.5 Å². The third kappa shape index (κ3) is 9.67. The highest BCUT2D eigenvalue weighted by Gasteiger charge is 2.97. The lowest BCUT2D eigenvalue weighted by atomic mass is 9.91. The Morgan fingerprint density at radius 2 is 0.561 bits per heavy atom. The lowest BCUT2D eigenvalue weighted by Gasteiger charge is -2.46. The fraction of sp³-hybridized carbons (Fsp3) is 1.00. The predicted molar refractivity (Wildman–Crippen MR) is 143 cm³/mol. The maximum atomic E-state index is 14.6. The molecule has 0 aliphatic heterocycles. The quantitative estimate of drug-likeness (QED) is 0.0895. The first-order valence-corrected chi connectivity index (χ1v) is 18.6. The number of alkyl halides is 25. The van der Waals surface area contributed by atoms with Crippen molar-refractivity contribution in [3.05, 3.63) is 0 Å². The van der Waals surface area contributed by atoms with E-state index in [-0.39, 0.29) is 0 Å². The fourth-order valence-corrected chi connectivity index (χ4v) is 9.93. The van der Waals surface area contributed by atoms with Gasteiger partial charge in [-0.15, -0.1) is 0 Å². The molecule has 346 valence electrons. The van der Waals surface area contributed by atoms with E-state index in [1.54, 1.807) is 0 Å². The van der Waals surface area contributed by atoms with Crippen LogP contribution in [0.4, 0.5) is 110 Å². The van der Waals surface area contributed by atoms with E-state index in [1.165, 1.54) is 0 Å². The summed E-state index contributed by atoms with van der Waals surface area (Å²) in [6, 6.07) is 0. The van der Waals surface area contributed by atoms with Gasteiger partial charge in [0.2, 0.25) is 5.79 Å². The summed E-state index contributed by atoms with van der Waals surface area (Å²) in [7, 11) is -12.2. The molecule has 0 bridgehead atoms. The second-order valence-electron chi connectivity index (χ2n) is 10.4. The molecule has 0 radical (unpaired) electrons. The Morgan fingerprint density at radius 1 is 0.333 bits per heavy atom. The van der Waals surface area contributed by atoms with Gasteiger partial charge in [0.05, 0.1) is 0 Å². The van der Waals surface area contributed by atoms with Crippen LogP contribution in [0.5, 0.6) is 0 Å². The van der Waals surface area contributed by atoms with Gasteiger partial charge in [0.15, 0.2) is 0 Å². The van der Waals surface area contributed by atoms with Crippen LogP contribution in [-0.4, -0.2) is 123 Å². The number of halogens is 25. The SMILES string of the molecule is CCO[Si](OCC)(OCC)C(C(F)(F)F)(C(F)(F)F)C(F)(F)F.CCO[Si](OCC)(OCC)C(F)C(F)(F)C(F)(F)C(F)(F)C(F)(F)C(F)(F)C(F)(F)C(F)(F)F. The molecule has 0 heterocycles. The van der Waals surface area contributed by atoms with Crippen molar-refractivity contribution in [2.24, 2.45) is 0 Å². The van der Waals surface area contributed by atoms with Crippen LogP contribution in [0, 0.1) is 0 Å². The van der Waals surface area contributed by atoms with E-state index in [1.807, 2.05) is 0 Å². The largest absolute Gasteiger partial charge is 0.543 e. The van der Waals surface area contributed by atoms with Crippen molar-refractivity contribution in [3.8, 4) is 0 Å². The second kappa shape index (κ2) is 18.6. The van der Waals surface area contributed by atoms with E-state index in [4.69, 9.17) is 0 Å². The summed E-state index contributed by atoms with van der Waals surface area (Å²) in [6.45, 7) is 0.143. The molecule has 0 N–H and O–H groups in total. The highest BCUT2D eigenvalue weighted by Crippen LogP contribution is 2.70. The van der Waals surface area contributed by atoms with Gasteiger partial charge in [0.1, 0.15) is 0 Å². The average Bonchev–Trinajstić information content (AvgIpc) is 2.98. The zero-order valence-corrected chi connectivity index (χ0v) is 31.2. The van der Waals surface area contributed by atoms with Crippen molar-refractivity contribution < 1.29 is 136 Å². The average molecular weight is 947 g/mol. The van der Waals surface area contributed by atoms with Gasteiger partial charge in [-0.1, -0.05) is 0 Å². The van der Waals surface area contributed by atoms with Gasteiger partial charge in [0, 0.05) is 39.6 Å². The molecule has 0 aromatic carbocycles. The van der Waals surface area contributed by atoms with E-state index < -0.39 is 128 Å². The molecule has 0 saturated carbocycles. The van der Waals surface area contributed by atoms with Crippen LogP contribution in [0.15, 0.2) is 0 Å². The monoisotopic (exact) mass is 946 g/mol. The van der Waals surface area contributed by atoms with Crippen LogP contribution in [0.25, 0.3) is 0 Å². The normalized spacial score (nSPS) is 16.1. The van der Waals surface area contributed by atoms with Crippen molar-refractivity contribution in [2.75, 3.05) is 39.6 Å². The lowest BCUT2D eigenvalue weighted by Crippen LogP contribution is -2.75. The smallest absolute Gasteiger partial charge is 0.373 e. The molecule has 0 aliphatic carbocycles. The van der Waals surface area contributed by atoms with Crippen LogP contribution >= 0.6 is 0 Å². The second-order valence-corrected chi connectivity index (χ2v) is 15.7. The zero-order valence-electron chi connectivity index (χ0n) is 29.2. The molecular formula is C24H31F25O6Si2. The summed E-state index contributed by atoms with van der Waals surface area (Å²) in [6.07, 6.45) is -28.1. The molecule has 57 heavy (non-hydrogen) atoms. The maximum absolute atomic E-state index is 14.6. The molecule has 33 heteroatoms. The van der Waals surface area contributed by atoms with Crippen molar-refractivity contribution in [3.63, 3.8) is 0 Å². The Labute approximate surface area is 306 Å². The first-order chi connectivity index (χ1) is 25.0. The maximum Gasteiger partial charge on any atom is 0.543 e. The summed E-state index contributed by atoms with van der Waals surface area (Å²) >= 11 is 0. The summed E-state index contributed by atoms with van der Waals surface area (Å²) in [5, 5.41) is -6.25. The molecule has 0 aromatic rings. The summed E-state index contributed by atoms with van der Waals surface area (Å²) < 4.78 is 359. The van der Waals surface area contributed by atoms with Crippen molar-refractivity contribution in [1.29, 1.82) is 0 Å². The van der Waals surface area contributed by atoms with Crippen molar-refractivity contribution >= 4 is 17.6 Å². The Hall–Kier alpha value is -1.56. The van der Waals surface area contributed by atoms with Gasteiger partial charge >= 0.3 is 82.9 Å². The molecule has 1 atom stereocenters. The lowest BCUT2D eigenvalue weighted by molar-refractivity contribution is -0.454. The molecule has 0 fully saturated rings. The van der Waals surface area contributed by atoms with Gasteiger partial charge < -0.3 is 26.6 Å². The molecular weight excluding hydrogens is 915 g/mol. The minimum atomic E-state index is -8.52. The first kappa shape index (κ1) is 57.5. The summed E-state index contributed by atoms with van der Waals surface area (Å²) in [4.78, 5) is 0. The van der Waals surface area contributed by atoms with E-state index in [0.717, 1.165) is 41.5 Å². The topological polar surface area (TPSA) is 55.4 Å². The molecule has 0 amide bonds. The van der Waals surface area contributed by atoms with Gasteiger partial charge in [-0.05, 0) is 41.5 Å². The molecule has 1 unspecified atom stereocenters. The highest BCUT2D eigenvalue weighted by atomic mass is 28.4. The van der Waals surface area contributed by atoms with Gasteiger partial charge in [-0.25, -0.2) is 4.39 Å². The fourth-order valence-electron chi connectivity index (χ4n) is 4.33. The molecule has 0 saturated heterocycles. The van der Waals surface area contributed by atoms with Crippen LogP contribution < -0.4 is 0 Å². The van der Waals surface area contributed by atoms with Crippen molar-refractivity contribution in [1.82, 2.24) is 0 Å². The Morgan fingerprint density at radius 3 is 0.772 bits per heavy atom. The van der Waals surface area contributed by atoms with E-state index in [0.29, 0.717) is 0 Å². The number of rotatable bonds is 20. The Bertz CT molecular complexity index is 1170. The van der Waals surface area contributed by atoms with Gasteiger partial charge in [-0.2, -0.15) is 105 Å². The summed E-state index contributed by atoms with van der Waals surface area (Å²) in [5.74, 6) is -53.6. The van der Waals surface area contributed by atoms with E-state index >= 15 is 0 Å². The molecule has 6 nitrogen and oxygen atoms in total. The minimum absolute atomic E-state index is 0.892. The minimum Gasteiger partial charge on any atom is -0.373 e. The highest BCUT2D eigenvalue weighted by molar-refractivity contribution is 6.65. The Balaban J connectivity index is 0. The van der Waals surface area contributed by atoms with E-state index in [2.05, 4.69) is 26.6 Å². The van der Waals surface area contributed by atoms with Crippen LogP contribution in [-0.2, 0) is 26.6 Å². The third-order valence-electron chi connectivity index (χ3n) is 6.76. The molecule has 0 rings (SSSR count). The van der Waals surface area contributed by atoms with Crippen LogP contribution in [0.2, 0.25) is 5.04 Å². The van der Waals surface area contributed by atoms with Gasteiger partial charge in [0.25, 0.3) is 0 Å². The molecule has 0 aliphatic rings. The number of hydrogen-bond acceptors (Lipinski definition) is 6.